The van der Waals surface area contributed by atoms with Crippen molar-refractivity contribution in [1.29, 1.82) is 0 Å². The number of hydrogen-bond donors (Lipinski definition) is 0. The highest BCUT2D eigenvalue weighted by molar-refractivity contribution is 6.30. The molecule has 92 valence electrons. The predicted molar refractivity (Wildman–Crippen MR) is 65.5 cm³/mol. The zero-order chi connectivity index (χ0) is 12.9. The highest BCUT2D eigenvalue weighted by Gasteiger charge is 2.17. The van der Waals surface area contributed by atoms with E-state index in [2.05, 4.69) is 20.5 Å². The lowest BCUT2D eigenvalue weighted by molar-refractivity contribution is 0.423. The maximum atomic E-state index is 6.08. The van der Waals surface area contributed by atoms with E-state index in [-0.39, 0.29) is 0 Å². The summed E-state index contributed by atoms with van der Waals surface area (Å²) in [5.74, 6) is 1.02. The molecule has 0 aliphatic carbocycles. The average molecular weight is 264 g/mol. The van der Waals surface area contributed by atoms with Gasteiger partial charge in [-0.1, -0.05) is 16.8 Å². The van der Waals surface area contributed by atoms with E-state index in [0.29, 0.717) is 22.4 Å². The summed E-state index contributed by atoms with van der Waals surface area (Å²) in [5.41, 5.74) is 3.29. The van der Waals surface area contributed by atoms with Crippen LogP contribution in [0, 0.1) is 20.8 Å². The zero-order valence-electron chi connectivity index (χ0n) is 10.1. The van der Waals surface area contributed by atoms with Crippen molar-refractivity contribution in [1.82, 2.24) is 25.0 Å². The summed E-state index contributed by atoms with van der Waals surface area (Å²) in [5, 5.41) is 16.7. The number of aromatic nitrogens is 5. The predicted octanol–water partition coefficient (Wildman–Crippen LogP) is 2.36. The minimum absolute atomic E-state index is 0.428. The van der Waals surface area contributed by atoms with Crippen molar-refractivity contribution in [2.24, 2.45) is 0 Å². The SMILES string of the molecule is Cc1cc(-c2nnc3c(C)c(C)c(Cl)nn23)on1. The highest BCUT2D eigenvalue weighted by atomic mass is 35.5. The molecule has 0 amide bonds. The van der Waals surface area contributed by atoms with Crippen molar-refractivity contribution in [3.63, 3.8) is 0 Å². The molecule has 0 N–H and O–H groups in total. The van der Waals surface area contributed by atoms with Gasteiger partial charge in [0.2, 0.25) is 11.6 Å². The topological polar surface area (TPSA) is 69.1 Å². The van der Waals surface area contributed by atoms with Gasteiger partial charge in [-0.25, -0.2) is 0 Å². The third-order valence-electron chi connectivity index (χ3n) is 2.88. The minimum Gasteiger partial charge on any atom is -0.353 e. The summed E-state index contributed by atoms with van der Waals surface area (Å²) in [7, 11) is 0. The summed E-state index contributed by atoms with van der Waals surface area (Å²) < 4.78 is 6.74. The van der Waals surface area contributed by atoms with E-state index in [1.54, 1.807) is 10.6 Å². The standard InChI is InChI=1S/C11H10ClN5O/c1-5-4-8(18-16-5)11-14-13-10-7(3)6(2)9(12)15-17(10)11/h4H,1-3H3. The fourth-order valence-corrected chi connectivity index (χ4v) is 1.93. The van der Waals surface area contributed by atoms with Crippen molar-refractivity contribution >= 4 is 17.2 Å². The Kier molecular flexibility index (Phi) is 2.34. The molecule has 3 aromatic rings. The molecular formula is C11H10ClN5O. The lowest BCUT2D eigenvalue weighted by atomic mass is 10.2. The number of aryl methyl sites for hydroxylation is 2. The van der Waals surface area contributed by atoms with Gasteiger partial charge in [0, 0.05) is 11.6 Å². The van der Waals surface area contributed by atoms with Gasteiger partial charge in [0.05, 0.1) is 5.69 Å². The van der Waals surface area contributed by atoms with Crippen LogP contribution in [0.4, 0.5) is 0 Å². The van der Waals surface area contributed by atoms with Gasteiger partial charge in [-0.2, -0.15) is 9.61 Å². The van der Waals surface area contributed by atoms with Crippen molar-refractivity contribution < 1.29 is 4.52 Å². The highest BCUT2D eigenvalue weighted by Crippen LogP contribution is 2.24. The third kappa shape index (κ3) is 1.49. The number of nitrogens with zero attached hydrogens (tertiary/aromatic N) is 5. The van der Waals surface area contributed by atoms with Crippen molar-refractivity contribution in [3.8, 4) is 11.6 Å². The van der Waals surface area contributed by atoms with Crippen LogP contribution in [-0.2, 0) is 0 Å². The Morgan fingerprint density at radius 2 is 1.94 bits per heavy atom. The molecular weight excluding hydrogens is 254 g/mol. The van der Waals surface area contributed by atoms with E-state index in [0.717, 1.165) is 16.8 Å². The number of halogens is 1. The van der Waals surface area contributed by atoms with E-state index in [1.165, 1.54) is 0 Å². The van der Waals surface area contributed by atoms with Crippen LogP contribution in [0.3, 0.4) is 0 Å². The van der Waals surface area contributed by atoms with Crippen LogP contribution in [-0.4, -0.2) is 25.0 Å². The third-order valence-corrected chi connectivity index (χ3v) is 3.24. The smallest absolute Gasteiger partial charge is 0.223 e. The molecule has 0 unspecified atom stereocenters. The largest absolute Gasteiger partial charge is 0.353 e. The van der Waals surface area contributed by atoms with Gasteiger partial charge in [0.25, 0.3) is 0 Å². The van der Waals surface area contributed by atoms with E-state index in [1.807, 2.05) is 20.8 Å². The molecule has 0 aliphatic heterocycles. The fraction of sp³-hybridized carbons (Fsp3) is 0.273. The molecule has 6 nitrogen and oxygen atoms in total. The van der Waals surface area contributed by atoms with Crippen LogP contribution in [0.5, 0.6) is 0 Å². The molecule has 3 rings (SSSR count). The second-order valence-corrected chi connectivity index (χ2v) is 4.49. The number of fused-ring (bicyclic) bond motifs is 1. The molecule has 18 heavy (non-hydrogen) atoms. The monoisotopic (exact) mass is 263 g/mol. The Hall–Kier alpha value is -1.95. The first kappa shape index (κ1) is 11.2. The first-order valence-corrected chi connectivity index (χ1v) is 5.77. The first-order chi connectivity index (χ1) is 8.58. The lowest BCUT2D eigenvalue weighted by Gasteiger charge is -2.03. The second kappa shape index (κ2) is 3.78. The molecule has 3 heterocycles. The Morgan fingerprint density at radius 3 is 2.61 bits per heavy atom. The Bertz CT molecular complexity index is 745. The maximum absolute atomic E-state index is 6.08. The maximum Gasteiger partial charge on any atom is 0.223 e. The Morgan fingerprint density at radius 1 is 1.17 bits per heavy atom. The van der Waals surface area contributed by atoms with Crippen LogP contribution >= 0.6 is 11.6 Å². The summed E-state index contributed by atoms with van der Waals surface area (Å²) in [4.78, 5) is 0. The van der Waals surface area contributed by atoms with E-state index in [4.69, 9.17) is 16.1 Å². The Labute approximate surface area is 108 Å². The van der Waals surface area contributed by atoms with E-state index < -0.39 is 0 Å². The molecule has 0 radical (unpaired) electrons. The van der Waals surface area contributed by atoms with E-state index >= 15 is 0 Å². The second-order valence-electron chi connectivity index (χ2n) is 4.13. The molecule has 7 heteroatoms. The van der Waals surface area contributed by atoms with Crippen molar-refractivity contribution in [2.45, 2.75) is 20.8 Å². The van der Waals surface area contributed by atoms with Gasteiger partial charge in [0.1, 0.15) is 0 Å². The quantitative estimate of drug-likeness (QED) is 0.674. The molecule has 0 aromatic carbocycles. The average Bonchev–Trinajstić information content (AvgIpc) is 2.92. The molecule has 0 atom stereocenters. The Balaban J connectivity index is 2.33. The van der Waals surface area contributed by atoms with E-state index in [9.17, 15) is 0 Å². The normalized spacial score (nSPS) is 11.3. The summed E-state index contributed by atoms with van der Waals surface area (Å²) in [6.07, 6.45) is 0. The number of rotatable bonds is 1. The lowest BCUT2D eigenvalue weighted by Crippen LogP contribution is -1.99. The van der Waals surface area contributed by atoms with Gasteiger partial charge < -0.3 is 4.52 Å². The van der Waals surface area contributed by atoms with Crippen LogP contribution < -0.4 is 0 Å². The molecule has 0 saturated heterocycles. The van der Waals surface area contributed by atoms with Crippen LogP contribution in [0.1, 0.15) is 16.8 Å². The van der Waals surface area contributed by atoms with Crippen LogP contribution in [0.15, 0.2) is 10.6 Å². The van der Waals surface area contributed by atoms with Gasteiger partial charge in [-0.05, 0) is 26.3 Å². The van der Waals surface area contributed by atoms with Crippen LogP contribution in [0.2, 0.25) is 5.15 Å². The number of hydrogen-bond acceptors (Lipinski definition) is 5. The van der Waals surface area contributed by atoms with Crippen molar-refractivity contribution in [2.75, 3.05) is 0 Å². The molecule has 0 saturated carbocycles. The minimum atomic E-state index is 0.428. The van der Waals surface area contributed by atoms with Gasteiger partial charge in [-0.15, -0.1) is 10.2 Å². The van der Waals surface area contributed by atoms with Crippen molar-refractivity contribution in [3.05, 3.63) is 28.0 Å². The first-order valence-electron chi connectivity index (χ1n) is 5.39. The summed E-state index contributed by atoms with van der Waals surface area (Å²) in [6, 6.07) is 1.78. The fourth-order valence-electron chi connectivity index (χ4n) is 1.72. The van der Waals surface area contributed by atoms with Crippen LogP contribution in [0.25, 0.3) is 17.2 Å². The van der Waals surface area contributed by atoms with Gasteiger partial charge in [0.15, 0.2) is 10.8 Å². The molecule has 0 fully saturated rings. The summed E-state index contributed by atoms with van der Waals surface area (Å²) >= 11 is 6.08. The molecule has 0 bridgehead atoms. The zero-order valence-corrected chi connectivity index (χ0v) is 10.9. The molecule has 0 aliphatic rings. The molecule has 0 spiro atoms. The molecule has 3 aromatic heterocycles. The summed E-state index contributed by atoms with van der Waals surface area (Å²) in [6.45, 7) is 5.67. The van der Waals surface area contributed by atoms with Gasteiger partial charge in [-0.3, -0.25) is 0 Å². The van der Waals surface area contributed by atoms with Gasteiger partial charge >= 0.3 is 0 Å².